The highest BCUT2D eigenvalue weighted by Gasteiger charge is 2.06. The van der Waals surface area contributed by atoms with Crippen LogP contribution in [0.25, 0.3) is 0 Å². The second-order valence-corrected chi connectivity index (χ2v) is 2.65. The van der Waals surface area contributed by atoms with Gasteiger partial charge in [-0.2, -0.15) is 5.10 Å². The van der Waals surface area contributed by atoms with E-state index in [2.05, 4.69) is 15.2 Å². The first kappa shape index (κ1) is 7.41. The summed E-state index contributed by atoms with van der Waals surface area (Å²) in [5.41, 5.74) is 0.754. The smallest absolute Gasteiger partial charge is 0.154 e. The third-order valence-electron chi connectivity index (χ3n) is 1.15. The van der Waals surface area contributed by atoms with E-state index in [4.69, 9.17) is 11.6 Å². The highest BCUT2D eigenvalue weighted by molar-refractivity contribution is 6.30. The summed E-state index contributed by atoms with van der Waals surface area (Å²) >= 11 is 5.71. The Morgan fingerprint density at radius 3 is 2.60 bits per heavy atom. The van der Waals surface area contributed by atoms with Crippen molar-refractivity contribution in [1.29, 1.82) is 0 Å². The summed E-state index contributed by atoms with van der Waals surface area (Å²) in [5, 5.41) is 7.90. The lowest BCUT2D eigenvalue weighted by atomic mass is 10.1. The van der Waals surface area contributed by atoms with Crippen molar-refractivity contribution in [2.24, 2.45) is 0 Å². The lowest BCUT2D eigenvalue weighted by molar-refractivity contribution is 0.767. The van der Waals surface area contributed by atoms with Gasteiger partial charge in [0, 0.05) is 5.92 Å². The third-order valence-corrected chi connectivity index (χ3v) is 1.44. The molecule has 0 radical (unpaired) electrons. The summed E-state index contributed by atoms with van der Waals surface area (Å²) in [5.74, 6) is 0.286. The van der Waals surface area contributed by atoms with Crippen LogP contribution >= 0.6 is 11.6 Å². The van der Waals surface area contributed by atoms with Crippen molar-refractivity contribution in [2.45, 2.75) is 19.8 Å². The maximum atomic E-state index is 5.71. The van der Waals surface area contributed by atoms with Crippen LogP contribution in [0.1, 0.15) is 25.5 Å². The number of hydrogen-bond acceptors (Lipinski definition) is 3. The molecule has 1 heterocycles. The lowest BCUT2D eigenvalue weighted by Crippen LogP contribution is -1.97. The molecule has 0 aliphatic rings. The molecule has 0 N–H and O–H groups in total. The van der Waals surface area contributed by atoms with Crippen molar-refractivity contribution in [3.63, 3.8) is 0 Å². The van der Waals surface area contributed by atoms with Crippen molar-refractivity contribution in [3.05, 3.63) is 17.2 Å². The Bertz CT molecular complexity index is 224. The van der Waals surface area contributed by atoms with Gasteiger partial charge < -0.3 is 0 Å². The first-order chi connectivity index (χ1) is 4.72. The van der Waals surface area contributed by atoms with E-state index >= 15 is 0 Å². The fourth-order valence-corrected chi connectivity index (χ4v) is 0.925. The zero-order valence-electron chi connectivity index (χ0n) is 5.87. The quantitative estimate of drug-likeness (QED) is 0.622. The van der Waals surface area contributed by atoms with Gasteiger partial charge in [-0.25, -0.2) is 4.98 Å². The molecule has 10 heavy (non-hydrogen) atoms. The Labute approximate surface area is 64.5 Å². The van der Waals surface area contributed by atoms with E-state index < -0.39 is 0 Å². The van der Waals surface area contributed by atoms with Gasteiger partial charge in [0.2, 0.25) is 0 Å². The highest BCUT2D eigenvalue weighted by atomic mass is 35.5. The topological polar surface area (TPSA) is 38.7 Å². The van der Waals surface area contributed by atoms with Crippen molar-refractivity contribution in [1.82, 2.24) is 15.2 Å². The Hall–Kier alpha value is -0.700. The normalized spacial score (nSPS) is 10.4. The van der Waals surface area contributed by atoms with E-state index in [0.717, 1.165) is 5.69 Å². The average Bonchev–Trinajstić information content (AvgIpc) is 1.88. The summed E-state index contributed by atoms with van der Waals surface area (Å²) < 4.78 is 0. The Kier molecular flexibility index (Phi) is 2.17. The van der Waals surface area contributed by atoms with Crippen LogP contribution in [0.2, 0.25) is 5.15 Å². The van der Waals surface area contributed by atoms with Crippen molar-refractivity contribution >= 4 is 11.6 Å². The van der Waals surface area contributed by atoms with Crippen molar-refractivity contribution in [3.8, 4) is 0 Å². The fourth-order valence-electron chi connectivity index (χ4n) is 0.626. The molecule has 0 saturated heterocycles. The van der Waals surface area contributed by atoms with Crippen LogP contribution in [0.5, 0.6) is 0 Å². The largest absolute Gasteiger partial charge is 0.221 e. The SMILES string of the molecule is CC(C)c1nncnc1Cl. The molecule has 0 aromatic carbocycles. The average molecular weight is 158 g/mol. The zero-order valence-corrected chi connectivity index (χ0v) is 6.63. The van der Waals surface area contributed by atoms with Gasteiger partial charge in [-0.05, 0) is 0 Å². The molecule has 1 aromatic rings. The summed E-state index contributed by atoms with van der Waals surface area (Å²) in [4.78, 5) is 3.79. The first-order valence-corrected chi connectivity index (χ1v) is 3.42. The minimum atomic E-state index is 0.286. The summed E-state index contributed by atoms with van der Waals surface area (Å²) in [6.07, 6.45) is 1.34. The van der Waals surface area contributed by atoms with Crippen LogP contribution in [0, 0.1) is 0 Å². The molecule has 1 aromatic heterocycles. The predicted molar refractivity (Wildman–Crippen MR) is 38.9 cm³/mol. The van der Waals surface area contributed by atoms with Crippen molar-refractivity contribution in [2.75, 3.05) is 0 Å². The maximum Gasteiger partial charge on any atom is 0.154 e. The van der Waals surface area contributed by atoms with E-state index in [-0.39, 0.29) is 5.92 Å². The summed E-state index contributed by atoms with van der Waals surface area (Å²) in [6, 6.07) is 0. The standard InChI is InChI=1S/C6H8ClN3/c1-4(2)5-6(7)8-3-9-10-5/h3-4H,1-2H3. The van der Waals surface area contributed by atoms with Gasteiger partial charge in [-0.3, -0.25) is 0 Å². The van der Waals surface area contributed by atoms with E-state index in [0.29, 0.717) is 5.15 Å². The molecular weight excluding hydrogens is 150 g/mol. The van der Waals surface area contributed by atoms with Gasteiger partial charge in [0.15, 0.2) is 5.15 Å². The zero-order chi connectivity index (χ0) is 7.56. The van der Waals surface area contributed by atoms with Gasteiger partial charge >= 0.3 is 0 Å². The number of aromatic nitrogens is 3. The Morgan fingerprint density at radius 1 is 1.50 bits per heavy atom. The molecule has 0 aliphatic carbocycles. The van der Waals surface area contributed by atoms with Gasteiger partial charge in [0.25, 0.3) is 0 Å². The molecule has 4 heteroatoms. The molecule has 0 atom stereocenters. The summed E-state index contributed by atoms with van der Waals surface area (Å²) in [7, 11) is 0. The van der Waals surface area contributed by atoms with Crippen LogP contribution in [-0.4, -0.2) is 15.2 Å². The molecule has 0 unspecified atom stereocenters. The van der Waals surface area contributed by atoms with Crippen LogP contribution in [0.15, 0.2) is 6.33 Å². The number of halogens is 1. The monoisotopic (exact) mass is 157 g/mol. The van der Waals surface area contributed by atoms with Gasteiger partial charge in [-0.1, -0.05) is 25.4 Å². The highest BCUT2D eigenvalue weighted by Crippen LogP contribution is 2.16. The van der Waals surface area contributed by atoms with E-state index in [1.54, 1.807) is 0 Å². The van der Waals surface area contributed by atoms with E-state index in [1.807, 2.05) is 13.8 Å². The molecular formula is C6H8ClN3. The molecule has 0 bridgehead atoms. The lowest BCUT2D eigenvalue weighted by Gasteiger charge is -2.01. The molecule has 54 valence electrons. The number of rotatable bonds is 1. The van der Waals surface area contributed by atoms with E-state index in [9.17, 15) is 0 Å². The minimum Gasteiger partial charge on any atom is -0.221 e. The fraction of sp³-hybridized carbons (Fsp3) is 0.500. The second kappa shape index (κ2) is 2.92. The molecule has 1 rings (SSSR count). The number of nitrogens with zero attached hydrogens (tertiary/aromatic N) is 3. The molecule has 0 amide bonds. The van der Waals surface area contributed by atoms with E-state index in [1.165, 1.54) is 6.33 Å². The van der Waals surface area contributed by atoms with Crippen molar-refractivity contribution < 1.29 is 0 Å². The third kappa shape index (κ3) is 1.42. The second-order valence-electron chi connectivity index (χ2n) is 2.29. The maximum absolute atomic E-state index is 5.71. The first-order valence-electron chi connectivity index (χ1n) is 3.05. The Balaban J connectivity index is 3.03. The van der Waals surface area contributed by atoms with Crippen LogP contribution in [0.4, 0.5) is 0 Å². The molecule has 0 saturated carbocycles. The van der Waals surface area contributed by atoms with Gasteiger partial charge in [0.05, 0.1) is 0 Å². The van der Waals surface area contributed by atoms with Gasteiger partial charge in [-0.15, -0.1) is 5.10 Å². The van der Waals surface area contributed by atoms with Crippen LogP contribution < -0.4 is 0 Å². The molecule has 0 fully saturated rings. The summed E-state index contributed by atoms with van der Waals surface area (Å²) in [6.45, 7) is 4.00. The molecule has 0 aliphatic heterocycles. The molecule has 0 spiro atoms. The predicted octanol–water partition coefficient (Wildman–Crippen LogP) is 1.65. The van der Waals surface area contributed by atoms with Crippen LogP contribution in [-0.2, 0) is 0 Å². The Morgan fingerprint density at radius 2 is 2.20 bits per heavy atom. The minimum absolute atomic E-state index is 0.286. The van der Waals surface area contributed by atoms with Crippen LogP contribution in [0.3, 0.4) is 0 Å². The van der Waals surface area contributed by atoms with Gasteiger partial charge in [0.1, 0.15) is 12.0 Å². The molecule has 3 nitrogen and oxygen atoms in total. The number of hydrogen-bond donors (Lipinski definition) is 0.